The van der Waals surface area contributed by atoms with Crippen LogP contribution in [0.2, 0.25) is 0 Å². The van der Waals surface area contributed by atoms with Gasteiger partial charge in [0.2, 0.25) is 15.9 Å². The summed E-state index contributed by atoms with van der Waals surface area (Å²) < 4.78 is 46.6. The predicted octanol–water partition coefficient (Wildman–Crippen LogP) is 3.59. The van der Waals surface area contributed by atoms with Gasteiger partial charge in [-0.15, -0.1) is 0 Å². The topological polar surface area (TPSA) is 130 Å². The fourth-order valence-corrected chi connectivity index (χ4v) is 5.53. The minimum absolute atomic E-state index is 0.104. The summed E-state index contributed by atoms with van der Waals surface area (Å²) in [6.45, 7) is 2.34. The van der Waals surface area contributed by atoms with Gasteiger partial charge in [0.1, 0.15) is 22.9 Å². The maximum atomic E-state index is 12.7. The van der Waals surface area contributed by atoms with Crippen LogP contribution in [0.5, 0.6) is 17.4 Å². The molecule has 0 aliphatic heterocycles. The summed E-state index contributed by atoms with van der Waals surface area (Å²) in [4.78, 5) is 18.3. The largest absolute Gasteiger partial charge is 0.494 e. The fraction of sp³-hybridized carbons (Fsp3) is 0.333. The van der Waals surface area contributed by atoms with Crippen molar-refractivity contribution in [3.05, 3.63) is 42.6 Å². The Balaban J connectivity index is 1.74. The zero-order valence-electron chi connectivity index (χ0n) is 20.1. The number of ether oxygens (including phenoxy) is 3. The summed E-state index contributed by atoms with van der Waals surface area (Å²) in [5, 5.41) is -0.421. The van der Waals surface area contributed by atoms with Crippen LogP contribution in [0.3, 0.4) is 0 Å². The van der Waals surface area contributed by atoms with Crippen molar-refractivity contribution in [2.24, 2.45) is 0 Å². The monoisotopic (exact) mass is 510 g/mol. The van der Waals surface area contributed by atoms with E-state index in [0.717, 1.165) is 6.42 Å². The number of hydrogen-bond donors (Lipinski definition) is 1. The quantitative estimate of drug-likeness (QED) is 0.359. The Morgan fingerprint density at radius 1 is 1.03 bits per heavy atom. The average molecular weight is 511 g/mol. The molecule has 1 saturated carbocycles. The molecular formula is C24H26N6O5S. The van der Waals surface area contributed by atoms with Gasteiger partial charge in [-0.1, -0.05) is 18.6 Å². The van der Waals surface area contributed by atoms with Crippen molar-refractivity contribution in [3.63, 3.8) is 0 Å². The highest BCUT2D eigenvalue weighted by molar-refractivity contribution is 7.93. The lowest BCUT2D eigenvalue weighted by Crippen LogP contribution is -2.33. The van der Waals surface area contributed by atoms with Gasteiger partial charge in [-0.3, -0.25) is 9.29 Å². The van der Waals surface area contributed by atoms with E-state index in [-0.39, 0.29) is 5.82 Å². The van der Waals surface area contributed by atoms with Crippen LogP contribution < -0.4 is 18.9 Å². The molecular weight excluding hydrogens is 484 g/mol. The first-order chi connectivity index (χ1) is 17.4. The molecule has 0 spiro atoms. The average Bonchev–Trinajstić information content (AvgIpc) is 3.20. The van der Waals surface area contributed by atoms with Crippen LogP contribution in [0.4, 0.5) is 5.82 Å². The van der Waals surface area contributed by atoms with Gasteiger partial charge < -0.3 is 14.2 Å². The first-order valence-electron chi connectivity index (χ1n) is 11.5. The lowest BCUT2D eigenvalue weighted by molar-refractivity contribution is 0.327. The fourth-order valence-electron chi connectivity index (χ4n) is 4.02. The molecule has 0 saturated heterocycles. The highest BCUT2D eigenvalue weighted by Crippen LogP contribution is 2.38. The number of aromatic nitrogens is 5. The van der Waals surface area contributed by atoms with E-state index >= 15 is 0 Å². The molecule has 188 valence electrons. The number of anilines is 1. The van der Waals surface area contributed by atoms with Crippen molar-refractivity contribution in [2.75, 3.05) is 25.5 Å². The summed E-state index contributed by atoms with van der Waals surface area (Å²) in [5.74, 6) is 1.95. The molecule has 11 nitrogen and oxygen atoms in total. The second-order valence-electron chi connectivity index (χ2n) is 8.18. The molecule has 1 aromatic carbocycles. The smallest absolute Gasteiger partial charge is 0.236 e. The Hall–Kier alpha value is -3.93. The van der Waals surface area contributed by atoms with Crippen LogP contribution >= 0.6 is 0 Å². The van der Waals surface area contributed by atoms with Crippen molar-refractivity contribution in [1.82, 2.24) is 24.5 Å². The molecule has 1 fully saturated rings. The number of benzene rings is 1. The number of imidazole rings is 1. The van der Waals surface area contributed by atoms with Gasteiger partial charge in [-0.25, -0.2) is 28.4 Å². The number of para-hydroxylation sites is 1. The SMILES string of the molecule is CCOc1cccc(-c2nc3ncc(NS(=O)(=O)C4CCC4)nc3n2-c2c(OC)cccc2OC)n1. The maximum Gasteiger partial charge on any atom is 0.236 e. The summed E-state index contributed by atoms with van der Waals surface area (Å²) in [6.07, 6.45) is 3.53. The molecule has 5 rings (SSSR count). The van der Waals surface area contributed by atoms with Gasteiger partial charge in [0, 0.05) is 6.07 Å². The zero-order valence-corrected chi connectivity index (χ0v) is 20.9. The molecule has 0 unspecified atom stereocenters. The Bertz CT molecular complexity index is 1490. The summed E-state index contributed by atoms with van der Waals surface area (Å²) in [5.41, 5.74) is 1.64. The van der Waals surface area contributed by atoms with Gasteiger partial charge in [-0.05, 0) is 38.0 Å². The van der Waals surface area contributed by atoms with Gasteiger partial charge in [0.25, 0.3) is 0 Å². The number of pyridine rings is 1. The minimum atomic E-state index is -3.57. The molecule has 1 aliphatic rings. The first-order valence-corrected chi connectivity index (χ1v) is 13.1. The first kappa shape index (κ1) is 23.8. The van der Waals surface area contributed by atoms with E-state index in [1.165, 1.54) is 6.20 Å². The van der Waals surface area contributed by atoms with Crippen molar-refractivity contribution in [2.45, 2.75) is 31.4 Å². The summed E-state index contributed by atoms with van der Waals surface area (Å²) in [6, 6.07) is 10.7. The molecule has 4 aromatic rings. The van der Waals surface area contributed by atoms with Crippen LogP contribution in [-0.4, -0.2) is 59.0 Å². The molecule has 0 atom stereocenters. The summed E-state index contributed by atoms with van der Waals surface area (Å²) >= 11 is 0. The summed E-state index contributed by atoms with van der Waals surface area (Å²) in [7, 11) is -0.465. The number of sulfonamides is 1. The van der Waals surface area contributed by atoms with E-state index in [1.54, 1.807) is 49.1 Å². The Labute approximate surface area is 208 Å². The molecule has 12 heteroatoms. The third kappa shape index (κ3) is 4.28. The number of nitrogens with one attached hydrogen (secondary N) is 1. The van der Waals surface area contributed by atoms with E-state index < -0.39 is 15.3 Å². The van der Waals surface area contributed by atoms with Crippen LogP contribution in [0.25, 0.3) is 28.5 Å². The van der Waals surface area contributed by atoms with Gasteiger partial charge in [0.05, 0.1) is 32.3 Å². The molecule has 3 aromatic heterocycles. The van der Waals surface area contributed by atoms with Gasteiger partial charge in [-0.2, -0.15) is 0 Å². The molecule has 1 N–H and O–H groups in total. The second-order valence-corrected chi connectivity index (χ2v) is 10.1. The number of rotatable bonds is 9. The highest BCUT2D eigenvalue weighted by atomic mass is 32.2. The van der Waals surface area contributed by atoms with E-state index in [1.807, 2.05) is 13.0 Å². The van der Waals surface area contributed by atoms with Crippen molar-refractivity contribution in [1.29, 1.82) is 0 Å². The van der Waals surface area contributed by atoms with Gasteiger partial charge >= 0.3 is 0 Å². The Morgan fingerprint density at radius 3 is 2.39 bits per heavy atom. The van der Waals surface area contributed by atoms with Crippen molar-refractivity contribution in [3.8, 4) is 34.6 Å². The van der Waals surface area contributed by atoms with Crippen LogP contribution in [-0.2, 0) is 10.0 Å². The molecule has 0 bridgehead atoms. The minimum Gasteiger partial charge on any atom is -0.494 e. The molecule has 0 amide bonds. The van der Waals surface area contributed by atoms with Crippen LogP contribution in [0.1, 0.15) is 26.2 Å². The van der Waals surface area contributed by atoms with Crippen LogP contribution in [0, 0.1) is 0 Å². The third-order valence-electron chi connectivity index (χ3n) is 5.98. The normalized spacial score (nSPS) is 13.9. The Kier molecular flexibility index (Phi) is 6.35. The third-order valence-corrected chi connectivity index (χ3v) is 7.82. The molecule has 0 radical (unpaired) electrons. The lowest BCUT2D eigenvalue weighted by atomic mass is 10.0. The lowest BCUT2D eigenvalue weighted by Gasteiger charge is -2.25. The zero-order chi connectivity index (χ0) is 25.3. The second kappa shape index (κ2) is 9.61. The number of nitrogens with zero attached hydrogens (tertiary/aromatic N) is 5. The molecule has 36 heavy (non-hydrogen) atoms. The van der Waals surface area contributed by atoms with Gasteiger partial charge in [0.15, 0.2) is 22.9 Å². The Morgan fingerprint density at radius 2 is 1.75 bits per heavy atom. The van der Waals surface area contributed by atoms with Crippen LogP contribution in [0.15, 0.2) is 42.6 Å². The number of hydrogen-bond acceptors (Lipinski definition) is 9. The molecule has 1 aliphatic carbocycles. The van der Waals surface area contributed by atoms with E-state index in [0.29, 0.717) is 65.3 Å². The van der Waals surface area contributed by atoms with Crippen molar-refractivity contribution < 1.29 is 22.6 Å². The maximum absolute atomic E-state index is 12.7. The highest BCUT2D eigenvalue weighted by Gasteiger charge is 2.32. The standard InChI is InChI=1S/C24H26N6O5S/c1-4-35-20-13-6-10-16(26-20)23-28-22-24(30(23)21-17(33-2)11-7-12-18(21)34-3)27-19(14-25-22)29-36(31,32)15-8-5-9-15/h6-7,10-15H,4-5,8-9H2,1-3H3,(H,27,29). The van der Waals surface area contributed by atoms with E-state index in [2.05, 4.69) is 19.7 Å². The predicted molar refractivity (Wildman–Crippen MR) is 134 cm³/mol. The number of methoxy groups -OCH3 is 2. The molecule has 3 heterocycles. The van der Waals surface area contributed by atoms with E-state index in [9.17, 15) is 8.42 Å². The number of fused-ring (bicyclic) bond motifs is 1. The van der Waals surface area contributed by atoms with E-state index in [4.69, 9.17) is 19.2 Å². The van der Waals surface area contributed by atoms with Crippen molar-refractivity contribution >= 4 is 27.1 Å².